The van der Waals surface area contributed by atoms with E-state index < -0.39 is 0 Å². The van der Waals surface area contributed by atoms with Gasteiger partial charge in [0.1, 0.15) is 5.82 Å². The second-order valence-corrected chi connectivity index (χ2v) is 5.86. The Morgan fingerprint density at radius 3 is 3.13 bits per heavy atom. The van der Waals surface area contributed by atoms with Crippen molar-refractivity contribution in [1.82, 2.24) is 24.8 Å². The molecule has 3 aromatic rings. The molecule has 2 atom stereocenters. The van der Waals surface area contributed by atoms with Gasteiger partial charge in [0.05, 0.1) is 31.0 Å². The summed E-state index contributed by atoms with van der Waals surface area (Å²) in [6, 6.07) is 2.80. The van der Waals surface area contributed by atoms with Crippen molar-refractivity contribution in [3.05, 3.63) is 24.7 Å². The van der Waals surface area contributed by atoms with Crippen molar-refractivity contribution < 1.29 is 0 Å². The van der Waals surface area contributed by atoms with Gasteiger partial charge in [-0.1, -0.05) is 12.1 Å². The van der Waals surface area contributed by atoms with Crippen molar-refractivity contribution in [2.75, 3.05) is 18.5 Å². The quantitative estimate of drug-likeness (QED) is 0.571. The van der Waals surface area contributed by atoms with Gasteiger partial charge in [-0.2, -0.15) is 5.11 Å². The summed E-state index contributed by atoms with van der Waals surface area (Å²) in [6.07, 6.45) is 7.78. The molecule has 0 bridgehead atoms. The molecule has 0 spiro atoms. The molecule has 2 N–H and O–H groups in total. The maximum Gasteiger partial charge on any atom is 0.157 e. The van der Waals surface area contributed by atoms with Gasteiger partial charge in [0.25, 0.3) is 0 Å². The van der Waals surface area contributed by atoms with Crippen molar-refractivity contribution >= 4 is 22.6 Å². The second kappa shape index (κ2) is 5.53. The van der Waals surface area contributed by atoms with E-state index in [1.54, 1.807) is 13.2 Å². The van der Waals surface area contributed by atoms with E-state index in [-0.39, 0.29) is 0 Å². The highest BCUT2D eigenvalue weighted by molar-refractivity contribution is 5.77. The van der Waals surface area contributed by atoms with Crippen LogP contribution in [0.1, 0.15) is 19.8 Å². The van der Waals surface area contributed by atoms with Crippen molar-refractivity contribution in [2.24, 2.45) is 10.3 Å². The molecule has 0 unspecified atom stereocenters. The first kappa shape index (κ1) is 14.0. The fourth-order valence-corrected chi connectivity index (χ4v) is 3.47. The van der Waals surface area contributed by atoms with Crippen molar-refractivity contribution in [3.63, 3.8) is 0 Å². The summed E-state index contributed by atoms with van der Waals surface area (Å²) >= 11 is 0. The molecule has 1 aliphatic rings. The normalized spacial score (nSPS) is 21.9. The van der Waals surface area contributed by atoms with Crippen LogP contribution in [-0.2, 0) is 0 Å². The van der Waals surface area contributed by atoms with E-state index in [1.165, 1.54) is 0 Å². The van der Waals surface area contributed by atoms with Crippen LogP contribution in [0.15, 0.2) is 35.0 Å². The van der Waals surface area contributed by atoms with Gasteiger partial charge >= 0.3 is 0 Å². The first-order chi connectivity index (χ1) is 11.3. The molecule has 0 aromatic carbocycles. The molecule has 0 amide bonds. The highest BCUT2D eigenvalue weighted by Gasteiger charge is 2.33. The fraction of sp³-hybridized carbons (Fsp3) is 0.467. The van der Waals surface area contributed by atoms with Crippen molar-refractivity contribution in [2.45, 2.75) is 31.8 Å². The van der Waals surface area contributed by atoms with Crippen LogP contribution < -0.4 is 10.3 Å². The number of imidazole rings is 1. The molecule has 4 heterocycles. The first-order valence-electron chi connectivity index (χ1n) is 7.92. The van der Waals surface area contributed by atoms with Gasteiger partial charge in [0.2, 0.25) is 0 Å². The number of hydrogen-bond acceptors (Lipinski definition) is 5. The lowest BCUT2D eigenvalue weighted by Gasteiger charge is -2.24. The number of hydrogen-bond donors (Lipinski definition) is 2. The molecule has 8 heteroatoms. The minimum Gasteiger partial charge on any atom is -0.351 e. The molecule has 8 nitrogen and oxygen atoms in total. The smallest absolute Gasteiger partial charge is 0.157 e. The maximum absolute atomic E-state index is 4.53. The summed E-state index contributed by atoms with van der Waals surface area (Å²) in [7, 11) is 1.68. The van der Waals surface area contributed by atoms with E-state index in [1.807, 2.05) is 18.5 Å². The predicted molar refractivity (Wildman–Crippen MR) is 88.6 cm³/mol. The molecule has 3 aromatic heterocycles. The average Bonchev–Trinajstić information content (AvgIpc) is 3.28. The Balaban J connectivity index is 1.77. The second-order valence-electron chi connectivity index (χ2n) is 5.86. The molecule has 120 valence electrons. The van der Waals surface area contributed by atoms with Gasteiger partial charge in [-0.15, -0.1) is 0 Å². The number of aromatic amines is 1. The number of fused-ring (bicyclic) bond motifs is 3. The Labute approximate surface area is 133 Å². The number of anilines is 1. The Kier molecular flexibility index (Phi) is 3.36. The van der Waals surface area contributed by atoms with Crippen LogP contribution in [-0.4, -0.2) is 45.0 Å². The summed E-state index contributed by atoms with van der Waals surface area (Å²) in [5.74, 6) is 1.11. The van der Waals surface area contributed by atoms with Crippen LogP contribution in [0.5, 0.6) is 0 Å². The summed E-state index contributed by atoms with van der Waals surface area (Å²) in [5, 5.41) is 7.74. The number of rotatable bonds is 4. The highest BCUT2D eigenvalue weighted by Crippen LogP contribution is 2.30. The van der Waals surface area contributed by atoms with Gasteiger partial charge in [0, 0.05) is 18.8 Å². The van der Waals surface area contributed by atoms with Gasteiger partial charge < -0.3 is 9.88 Å². The number of nitrogens with zero attached hydrogens (tertiary/aromatic N) is 6. The summed E-state index contributed by atoms with van der Waals surface area (Å²) < 4.78 is 2.17. The minimum absolute atomic E-state index is 0.303. The molecule has 23 heavy (non-hydrogen) atoms. The third kappa shape index (κ3) is 2.21. The van der Waals surface area contributed by atoms with Crippen LogP contribution in [0.25, 0.3) is 16.8 Å². The Hall–Kier alpha value is -2.64. The standard InChI is InChI=1S/C15H20N8/c1-3-11-6-10(20-21-16-2)9-22(11)14-8-18-13-7-19-15-12(23(13)14)4-5-17-15/h4-5,7-8,10-11,17H,3,6,9H2,1-2H3,(H,16,20)/t10-,11+/m0/s1. The lowest BCUT2D eigenvalue weighted by Crippen LogP contribution is -2.32. The molecule has 1 fully saturated rings. The molecule has 1 aliphatic heterocycles. The monoisotopic (exact) mass is 312 g/mol. The minimum atomic E-state index is 0.303. The SMILES string of the molecule is CC[C@@H]1C[C@H](NN=NC)CN1c1cnc2cnc3[nH]ccc3n12. The van der Waals surface area contributed by atoms with Gasteiger partial charge in [-0.3, -0.25) is 9.83 Å². The largest absolute Gasteiger partial charge is 0.351 e. The van der Waals surface area contributed by atoms with Crippen molar-refractivity contribution in [3.8, 4) is 0 Å². The molecule has 0 aliphatic carbocycles. The lowest BCUT2D eigenvalue weighted by atomic mass is 10.1. The molecule has 4 rings (SSSR count). The molecular weight excluding hydrogens is 292 g/mol. The maximum atomic E-state index is 4.53. The van der Waals surface area contributed by atoms with E-state index in [4.69, 9.17) is 0 Å². The van der Waals surface area contributed by atoms with Crippen LogP contribution in [0.2, 0.25) is 0 Å². The number of nitrogens with one attached hydrogen (secondary N) is 2. The van der Waals surface area contributed by atoms with Crippen LogP contribution >= 0.6 is 0 Å². The molecule has 0 saturated carbocycles. The highest BCUT2D eigenvalue weighted by atomic mass is 15.4. The van der Waals surface area contributed by atoms with E-state index in [0.717, 1.165) is 42.0 Å². The Bertz CT molecular complexity index is 848. The zero-order valence-corrected chi connectivity index (χ0v) is 13.3. The van der Waals surface area contributed by atoms with E-state index in [2.05, 4.69) is 46.9 Å². The predicted octanol–water partition coefficient (Wildman–Crippen LogP) is 2.15. The first-order valence-corrected chi connectivity index (χ1v) is 7.92. The van der Waals surface area contributed by atoms with Gasteiger partial charge in [0.15, 0.2) is 11.3 Å². The molecular formula is C15H20N8. The third-order valence-electron chi connectivity index (χ3n) is 4.54. The van der Waals surface area contributed by atoms with Gasteiger partial charge in [-0.05, 0) is 18.9 Å². The van der Waals surface area contributed by atoms with Crippen LogP contribution in [0, 0.1) is 0 Å². The summed E-state index contributed by atoms with van der Waals surface area (Å²) in [6.45, 7) is 3.11. The van der Waals surface area contributed by atoms with E-state index >= 15 is 0 Å². The van der Waals surface area contributed by atoms with E-state index in [9.17, 15) is 0 Å². The molecule has 1 saturated heterocycles. The van der Waals surface area contributed by atoms with Crippen LogP contribution in [0.4, 0.5) is 5.82 Å². The topological polar surface area (TPSA) is 86.0 Å². The van der Waals surface area contributed by atoms with Gasteiger partial charge in [-0.25, -0.2) is 9.97 Å². The lowest BCUT2D eigenvalue weighted by molar-refractivity contribution is 0.527. The van der Waals surface area contributed by atoms with Crippen molar-refractivity contribution in [1.29, 1.82) is 0 Å². The summed E-state index contributed by atoms with van der Waals surface area (Å²) in [4.78, 5) is 14.5. The number of H-pyrrole nitrogens is 1. The molecule has 0 radical (unpaired) electrons. The average molecular weight is 312 g/mol. The third-order valence-corrected chi connectivity index (χ3v) is 4.54. The zero-order valence-electron chi connectivity index (χ0n) is 13.3. The fourth-order valence-electron chi connectivity index (χ4n) is 3.47. The van der Waals surface area contributed by atoms with E-state index in [0.29, 0.717) is 12.1 Å². The number of aromatic nitrogens is 4. The Morgan fingerprint density at radius 1 is 1.39 bits per heavy atom. The van der Waals surface area contributed by atoms with Crippen LogP contribution in [0.3, 0.4) is 0 Å². The Morgan fingerprint density at radius 2 is 2.30 bits per heavy atom. The summed E-state index contributed by atoms with van der Waals surface area (Å²) in [5.41, 5.74) is 5.93. The zero-order chi connectivity index (χ0) is 15.8.